The largest absolute Gasteiger partial charge is 0.484 e. The topological polar surface area (TPSA) is 51.2 Å². The summed E-state index contributed by atoms with van der Waals surface area (Å²) in [6.07, 6.45) is -4.06. The second-order valence-corrected chi connectivity index (χ2v) is 8.23. The number of hydrogen-bond acceptors (Lipinski definition) is 4. The first kappa shape index (κ1) is 17.6. The number of hydrogen-bond donors (Lipinski definition) is 1. The maximum absolute atomic E-state index is 12.2. The van der Waals surface area contributed by atoms with Crippen molar-refractivity contribution in [1.29, 1.82) is 0 Å². The molecule has 10 heteroatoms. The van der Waals surface area contributed by atoms with E-state index in [0.29, 0.717) is 21.8 Å². The summed E-state index contributed by atoms with van der Waals surface area (Å²) in [5.74, 6) is -0.267. The molecule has 0 radical (unpaired) electrons. The number of amides is 1. The molecule has 1 saturated carbocycles. The van der Waals surface area contributed by atoms with Crippen LogP contribution in [0.5, 0.6) is 5.75 Å². The van der Waals surface area contributed by atoms with Crippen LogP contribution in [0.25, 0.3) is 10.2 Å². The number of nitrogens with one attached hydrogen (secondary N) is 1. The molecular weight excluding hydrogens is 388 g/mol. The standard InChI is InChI=1S/C14H11Cl2F3N2O2S/c1-12(5-13(12,15)16)10(22)21-11-20-8-3-2-7(4-9(8)24-11)23-6-14(17,18)19/h2-4H,5-6H2,1H3,(H,20,21,22)/t12-/m1/s1. The van der Waals surface area contributed by atoms with Crippen LogP contribution in [0.1, 0.15) is 13.3 Å². The zero-order valence-corrected chi connectivity index (χ0v) is 14.5. The molecule has 0 aliphatic heterocycles. The number of fused-ring (bicyclic) bond motifs is 1. The maximum Gasteiger partial charge on any atom is 0.422 e. The first-order chi connectivity index (χ1) is 11.0. The van der Waals surface area contributed by atoms with E-state index in [-0.39, 0.29) is 11.7 Å². The fourth-order valence-corrected chi connectivity index (χ4v) is 3.69. The number of ether oxygens (including phenoxy) is 1. The van der Waals surface area contributed by atoms with Crippen LogP contribution in [0.3, 0.4) is 0 Å². The van der Waals surface area contributed by atoms with Gasteiger partial charge < -0.3 is 10.1 Å². The number of benzene rings is 1. The molecule has 2 aromatic rings. The molecule has 3 rings (SSSR count). The smallest absolute Gasteiger partial charge is 0.422 e. The molecule has 1 aliphatic carbocycles. The van der Waals surface area contributed by atoms with Gasteiger partial charge in [-0.1, -0.05) is 11.3 Å². The number of nitrogens with zero attached hydrogens (tertiary/aromatic N) is 1. The highest BCUT2D eigenvalue weighted by molar-refractivity contribution is 7.22. The van der Waals surface area contributed by atoms with Gasteiger partial charge in [0.05, 0.1) is 15.6 Å². The van der Waals surface area contributed by atoms with Crippen LogP contribution in [-0.2, 0) is 4.79 Å². The first-order valence-electron chi connectivity index (χ1n) is 6.80. The Morgan fingerprint density at radius 3 is 2.71 bits per heavy atom. The fourth-order valence-electron chi connectivity index (χ4n) is 2.09. The van der Waals surface area contributed by atoms with Gasteiger partial charge in [0, 0.05) is 0 Å². The summed E-state index contributed by atoms with van der Waals surface area (Å²) in [5, 5.41) is 2.96. The summed E-state index contributed by atoms with van der Waals surface area (Å²) in [4.78, 5) is 16.4. The summed E-state index contributed by atoms with van der Waals surface area (Å²) >= 11 is 13.0. The van der Waals surface area contributed by atoms with Gasteiger partial charge in [-0.2, -0.15) is 13.2 Å². The van der Waals surface area contributed by atoms with Gasteiger partial charge in [0.25, 0.3) is 0 Å². The van der Waals surface area contributed by atoms with E-state index >= 15 is 0 Å². The lowest BCUT2D eigenvalue weighted by Gasteiger charge is -2.10. The van der Waals surface area contributed by atoms with Crippen molar-refractivity contribution in [1.82, 2.24) is 4.98 Å². The van der Waals surface area contributed by atoms with E-state index in [1.54, 1.807) is 6.92 Å². The molecule has 1 heterocycles. The van der Waals surface area contributed by atoms with E-state index in [2.05, 4.69) is 10.3 Å². The molecule has 0 unspecified atom stereocenters. The van der Waals surface area contributed by atoms with E-state index in [0.717, 1.165) is 11.3 Å². The Bertz CT molecular complexity index is 809. The molecule has 0 bridgehead atoms. The van der Waals surface area contributed by atoms with Crippen molar-refractivity contribution in [3.63, 3.8) is 0 Å². The summed E-state index contributed by atoms with van der Waals surface area (Å²) < 4.78 is 40.7. The Kier molecular flexibility index (Phi) is 4.13. The third-order valence-corrected chi connectivity index (χ3v) is 5.78. The van der Waals surface area contributed by atoms with Crippen LogP contribution in [0, 0.1) is 5.41 Å². The predicted molar refractivity (Wildman–Crippen MR) is 87.0 cm³/mol. The number of carbonyl (C=O) groups is 1. The van der Waals surface area contributed by atoms with E-state index in [4.69, 9.17) is 27.9 Å². The summed E-state index contributed by atoms with van der Waals surface area (Å²) in [6, 6.07) is 4.37. The molecule has 1 aromatic heterocycles. The lowest BCUT2D eigenvalue weighted by molar-refractivity contribution is -0.153. The zero-order chi connectivity index (χ0) is 17.8. The normalized spacial score (nSPS) is 22.4. The van der Waals surface area contributed by atoms with Crippen LogP contribution >= 0.6 is 34.5 Å². The monoisotopic (exact) mass is 398 g/mol. The number of aromatic nitrogens is 1. The Morgan fingerprint density at radius 2 is 2.12 bits per heavy atom. The molecular formula is C14H11Cl2F3N2O2S. The summed E-state index contributed by atoms with van der Waals surface area (Å²) in [7, 11) is 0. The highest BCUT2D eigenvalue weighted by Crippen LogP contribution is 2.64. The van der Waals surface area contributed by atoms with Gasteiger partial charge in [0.2, 0.25) is 5.91 Å². The quantitative estimate of drug-likeness (QED) is 0.755. The first-order valence-corrected chi connectivity index (χ1v) is 8.37. The molecule has 1 aromatic carbocycles. The van der Waals surface area contributed by atoms with Gasteiger partial charge in [-0.15, -0.1) is 23.2 Å². The Hall–Kier alpha value is -1.25. The minimum Gasteiger partial charge on any atom is -0.484 e. The van der Waals surface area contributed by atoms with Gasteiger partial charge in [0.1, 0.15) is 10.1 Å². The molecule has 1 amide bonds. The lowest BCUT2D eigenvalue weighted by atomic mass is 10.1. The predicted octanol–water partition coefficient (Wildman–Crippen LogP) is 4.76. The molecule has 1 N–H and O–H groups in total. The maximum atomic E-state index is 12.2. The molecule has 130 valence electrons. The van der Waals surface area contributed by atoms with Crippen LogP contribution in [0.2, 0.25) is 0 Å². The van der Waals surface area contributed by atoms with Crippen molar-refractivity contribution < 1.29 is 22.7 Å². The van der Waals surface area contributed by atoms with Gasteiger partial charge in [-0.25, -0.2) is 4.98 Å². The van der Waals surface area contributed by atoms with Crippen molar-refractivity contribution in [2.75, 3.05) is 11.9 Å². The Morgan fingerprint density at radius 1 is 1.46 bits per heavy atom. The molecule has 24 heavy (non-hydrogen) atoms. The van der Waals surface area contributed by atoms with Crippen LogP contribution in [-0.4, -0.2) is 28.0 Å². The number of alkyl halides is 5. The Labute approximate surface area is 148 Å². The highest BCUT2D eigenvalue weighted by atomic mass is 35.5. The molecule has 0 saturated heterocycles. The van der Waals surface area contributed by atoms with Crippen LogP contribution in [0.15, 0.2) is 18.2 Å². The second-order valence-electron chi connectivity index (χ2n) is 5.72. The van der Waals surface area contributed by atoms with Crippen molar-refractivity contribution in [3.05, 3.63) is 18.2 Å². The van der Waals surface area contributed by atoms with Crippen LogP contribution < -0.4 is 10.1 Å². The van der Waals surface area contributed by atoms with Crippen molar-refractivity contribution >= 4 is 55.8 Å². The number of thiazole rings is 1. The third kappa shape index (κ3) is 3.41. The minimum absolute atomic E-state index is 0.0797. The van der Waals surface area contributed by atoms with Gasteiger partial charge in [-0.05, 0) is 31.5 Å². The van der Waals surface area contributed by atoms with Gasteiger partial charge in [0.15, 0.2) is 11.7 Å². The second kappa shape index (κ2) is 5.64. The molecule has 4 nitrogen and oxygen atoms in total. The van der Waals surface area contributed by atoms with Gasteiger partial charge >= 0.3 is 6.18 Å². The SMILES string of the molecule is C[C@]1(C(=O)Nc2nc3ccc(OCC(F)(F)F)cc3s2)CC1(Cl)Cl. The van der Waals surface area contributed by atoms with E-state index < -0.39 is 22.5 Å². The highest BCUT2D eigenvalue weighted by Gasteiger charge is 2.68. The third-order valence-electron chi connectivity index (χ3n) is 3.74. The summed E-state index contributed by atoms with van der Waals surface area (Å²) in [6.45, 7) is 0.283. The number of rotatable bonds is 4. The van der Waals surface area contributed by atoms with Gasteiger partial charge in [-0.3, -0.25) is 4.79 Å². The van der Waals surface area contributed by atoms with E-state index in [1.165, 1.54) is 18.2 Å². The van der Waals surface area contributed by atoms with Crippen molar-refractivity contribution in [3.8, 4) is 5.75 Å². The minimum atomic E-state index is -4.41. The number of halogens is 5. The average Bonchev–Trinajstić information content (AvgIpc) is 2.80. The molecule has 1 atom stereocenters. The van der Waals surface area contributed by atoms with Crippen molar-refractivity contribution in [2.45, 2.75) is 23.9 Å². The van der Waals surface area contributed by atoms with E-state index in [9.17, 15) is 18.0 Å². The summed E-state index contributed by atoms with van der Waals surface area (Å²) in [5.41, 5.74) is -0.340. The number of carbonyl (C=O) groups excluding carboxylic acids is 1. The van der Waals surface area contributed by atoms with Crippen LogP contribution in [0.4, 0.5) is 18.3 Å². The number of anilines is 1. The molecule has 1 fully saturated rings. The molecule has 1 aliphatic rings. The lowest BCUT2D eigenvalue weighted by Crippen LogP contribution is -2.25. The zero-order valence-electron chi connectivity index (χ0n) is 12.2. The Balaban J connectivity index is 1.73. The molecule has 0 spiro atoms. The average molecular weight is 399 g/mol. The van der Waals surface area contributed by atoms with E-state index in [1.807, 2.05) is 0 Å². The fraction of sp³-hybridized carbons (Fsp3) is 0.429. The van der Waals surface area contributed by atoms with Crippen molar-refractivity contribution in [2.24, 2.45) is 5.41 Å².